The third-order valence-corrected chi connectivity index (χ3v) is 9.19. The minimum Gasteiger partial charge on any atom is -0.368 e. The number of amides is 3. The number of carbonyl (C=O) groups excluding carboxylic acids is 3. The van der Waals surface area contributed by atoms with Crippen molar-refractivity contribution in [2.75, 3.05) is 0 Å². The lowest BCUT2D eigenvalue weighted by Crippen LogP contribution is -2.52. The second-order valence-corrected chi connectivity index (χ2v) is 13.7. The summed E-state index contributed by atoms with van der Waals surface area (Å²) in [7, 11) is -1.79. The smallest absolute Gasteiger partial charge is 0.243 e. The Morgan fingerprint density at radius 3 is 2.00 bits per heavy atom. The van der Waals surface area contributed by atoms with E-state index < -0.39 is 32.0 Å². The number of hydrogen-bond acceptors (Lipinski definition) is 3. The summed E-state index contributed by atoms with van der Waals surface area (Å²) in [6.45, 7) is 16.1. The molecule has 0 aromatic heterocycles. The van der Waals surface area contributed by atoms with E-state index in [-0.39, 0.29) is 23.3 Å². The van der Waals surface area contributed by atoms with E-state index >= 15 is 0 Å². The highest BCUT2D eigenvalue weighted by Gasteiger charge is 2.33. The van der Waals surface area contributed by atoms with Gasteiger partial charge >= 0.3 is 0 Å². The molecule has 0 aliphatic carbocycles. The largest absolute Gasteiger partial charge is 0.368 e. The van der Waals surface area contributed by atoms with Gasteiger partial charge in [0.05, 0.1) is 0 Å². The van der Waals surface area contributed by atoms with Gasteiger partial charge in [0.25, 0.3) is 0 Å². The third-order valence-electron chi connectivity index (χ3n) is 4.64. The molecule has 2 atom stereocenters. The van der Waals surface area contributed by atoms with E-state index in [1.807, 2.05) is 13.8 Å². The molecular formula is C19H35N3O3Si. The van der Waals surface area contributed by atoms with Gasteiger partial charge in [-0.2, -0.15) is 0 Å². The number of hydrogen-bond donors (Lipinski definition) is 3. The van der Waals surface area contributed by atoms with Crippen molar-refractivity contribution in [3.8, 4) is 11.5 Å². The van der Waals surface area contributed by atoms with Crippen LogP contribution in [0.1, 0.15) is 54.4 Å². The molecule has 7 heteroatoms. The summed E-state index contributed by atoms with van der Waals surface area (Å²) in [6, 6.07) is -1.56. The van der Waals surface area contributed by atoms with Gasteiger partial charge in [0.1, 0.15) is 20.2 Å². The van der Waals surface area contributed by atoms with Crippen molar-refractivity contribution in [3.05, 3.63) is 0 Å². The molecule has 0 aliphatic heterocycles. The van der Waals surface area contributed by atoms with Crippen LogP contribution in [0.3, 0.4) is 0 Å². The summed E-state index contributed by atoms with van der Waals surface area (Å²) in [5.74, 6) is 1.93. The molecular weight excluding hydrogens is 346 g/mol. The molecule has 0 spiro atoms. The van der Waals surface area contributed by atoms with Crippen LogP contribution in [0, 0.1) is 17.4 Å². The van der Waals surface area contributed by atoms with Gasteiger partial charge in [0.2, 0.25) is 17.7 Å². The maximum Gasteiger partial charge on any atom is 0.243 e. The Morgan fingerprint density at radius 1 is 1.08 bits per heavy atom. The SMILES string of the molecule is CC(=O)N[C@@H](CC(C)C)C(=O)N[C@@H](CC#C[Si](C)(C)C(C)(C)C)C(N)=O. The molecule has 3 amide bonds. The Balaban J connectivity index is 5.15. The van der Waals surface area contributed by atoms with Gasteiger partial charge in [0, 0.05) is 13.3 Å². The lowest BCUT2D eigenvalue weighted by molar-refractivity contribution is -0.131. The highest BCUT2D eigenvalue weighted by atomic mass is 28.3. The van der Waals surface area contributed by atoms with Crippen LogP contribution < -0.4 is 16.4 Å². The Morgan fingerprint density at radius 2 is 1.62 bits per heavy atom. The lowest BCUT2D eigenvalue weighted by atomic mass is 10.0. The van der Waals surface area contributed by atoms with E-state index in [9.17, 15) is 14.4 Å². The van der Waals surface area contributed by atoms with Crippen LogP contribution in [0.5, 0.6) is 0 Å². The van der Waals surface area contributed by atoms with Crippen molar-refractivity contribution < 1.29 is 14.4 Å². The van der Waals surface area contributed by atoms with Crippen LogP contribution in [-0.4, -0.2) is 37.9 Å². The molecule has 0 fully saturated rings. The fourth-order valence-electron chi connectivity index (χ4n) is 2.00. The molecule has 4 N–H and O–H groups in total. The zero-order chi connectivity index (χ0) is 20.7. The van der Waals surface area contributed by atoms with Crippen molar-refractivity contribution in [1.82, 2.24) is 10.6 Å². The topological polar surface area (TPSA) is 101 Å². The monoisotopic (exact) mass is 381 g/mol. The van der Waals surface area contributed by atoms with E-state index in [1.54, 1.807) is 0 Å². The van der Waals surface area contributed by atoms with E-state index in [1.165, 1.54) is 6.92 Å². The minimum atomic E-state index is -1.79. The van der Waals surface area contributed by atoms with Crippen molar-refractivity contribution >= 4 is 25.8 Å². The first-order valence-corrected chi connectivity index (χ1v) is 12.0. The highest BCUT2D eigenvalue weighted by molar-refractivity contribution is 6.87. The predicted molar refractivity (Wildman–Crippen MR) is 108 cm³/mol. The molecule has 0 bridgehead atoms. The van der Waals surface area contributed by atoms with Crippen LogP contribution in [0.15, 0.2) is 0 Å². The van der Waals surface area contributed by atoms with Crippen LogP contribution >= 0.6 is 0 Å². The second kappa shape index (κ2) is 9.77. The summed E-state index contributed by atoms with van der Waals surface area (Å²) < 4.78 is 0. The summed E-state index contributed by atoms with van der Waals surface area (Å²) in [6.07, 6.45) is 0.647. The number of primary amides is 1. The zero-order valence-corrected chi connectivity index (χ0v) is 18.4. The minimum absolute atomic E-state index is 0.110. The number of nitrogens with two attached hydrogens (primary N) is 1. The van der Waals surface area contributed by atoms with Crippen LogP contribution in [-0.2, 0) is 14.4 Å². The van der Waals surface area contributed by atoms with E-state index in [0.29, 0.717) is 6.42 Å². The number of rotatable bonds is 7. The Kier molecular flexibility index (Phi) is 9.08. The summed E-state index contributed by atoms with van der Waals surface area (Å²) in [5.41, 5.74) is 8.74. The Labute approximate surface area is 159 Å². The number of nitrogens with one attached hydrogen (secondary N) is 2. The van der Waals surface area contributed by atoms with Crippen molar-refractivity contribution in [2.24, 2.45) is 11.7 Å². The standard InChI is InChI=1S/C19H35N3O3Si/c1-13(2)12-16(21-14(3)23)18(25)22-15(17(20)24)10-9-11-26(7,8)19(4,5)6/h13,15-16H,10,12H2,1-8H3,(H2,20,24)(H,21,23)(H,22,25)/t15-,16-/m0/s1. The lowest BCUT2D eigenvalue weighted by Gasteiger charge is -2.31. The molecule has 0 aliphatic rings. The fourth-order valence-corrected chi connectivity index (χ4v) is 2.92. The van der Waals surface area contributed by atoms with Crippen LogP contribution in [0.2, 0.25) is 18.1 Å². The molecule has 0 radical (unpaired) electrons. The first-order chi connectivity index (χ1) is 11.7. The fraction of sp³-hybridized carbons (Fsp3) is 0.737. The van der Waals surface area contributed by atoms with Gasteiger partial charge in [-0.15, -0.1) is 11.5 Å². The average Bonchev–Trinajstić information content (AvgIpc) is 2.42. The molecule has 26 heavy (non-hydrogen) atoms. The summed E-state index contributed by atoms with van der Waals surface area (Å²) >= 11 is 0. The summed E-state index contributed by atoms with van der Waals surface area (Å²) in [5, 5.41) is 5.37. The molecule has 6 nitrogen and oxygen atoms in total. The molecule has 0 rings (SSSR count). The van der Waals surface area contributed by atoms with Crippen molar-refractivity contribution in [1.29, 1.82) is 0 Å². The molecule has 0 aromatic rings. The maximum atomic E-state index is 12.5. The first kappa shape index (κ1) is 24.2. The van der Waals surface area contributed by atoms with E-state index in [0.717, 1.165) is 0 Å². The Bertz CT molecular complexity index is 583. The van der Waals surface area contributed by atoms with Crippen LogP contribution in [0.25, 0.3) is 0 Å². The van der Waals surface area contributed by atoms with Crippen molar-refractivity contribution in [3.63, 3.8) is 0 Å². The second-order valence-electron chi connectivity index (χ2n) is 8.73. The molecule has 0 unspecified atom stereocenters. The van der Waals surface area contributed by atoms with Gasteiger partial charge in [-0.1, -0.05) is 47.7 Å². The highest BCUT2D eigenvalue weighted by Crippen LogP contribution is 2.35. The quantitative estimate of drug-likeness (QED) is 0.464. The Hall–Kier alpha value is -1.81. The number of carbonyl (C=O) groups is 3. The van der Waals surface area contributed by atoms with E-state index in [4.69, 9.17) is 5.73 Å². The molecule has 0 aromatic carbocycles. The summed E-state index contributed by atoms with van der Waals surface area (Å²) in [4.78, 5) is 35.5. The van der Waals surface area contributed by atoms with Gasteiger partial charge in [0.15, 0.2) is 0 Å². The maximum absolute atomic E-state index is 12.5. The van der Waals surface area contributed by atoms with Gasteiger partial charge in [-0.05, 0) is 17.4 Å². The van der Waals surface area contributed by atoms with Gasteiger partial charge in [-0.25, -0.2) is 0 Å². The first-order valence-electron chi connectivity index (χ1n) is 9.04. The normalized spacial score (nSPS) is 14.0. The van der Waals surface area contributed by atoms with Gasteiger partial charge < -0.3 is 16.4 Å². The molecule has 148 valence electrons. The van der Waals surface area contributed by atoms with Crippen LogP contribution in [0.4, 0.5) is 0 Å². The zero-order valence-electron chi connectivity index (χ0n) is 17.4. The molecule has 0 heterocycles. The molecule has 0 saturated heterocycles. The van der Waals surface area contributed by atoms with Gasteiger partial charge in [-0.3, -0.25) is 14.4 Å². The predicted octanol–water partition coefficient (Wildman–Crippen LogP) is 1.95. The molecule has 0 saturated carbocycles. The third kappa shape index (κ3) is 8.52. The average molecular weight is 382 g/mol. The van der Waals surface area contributed by atoms with Crippen molar-refractivity contribution in [2.45, 2.75) is 84.6 Å². The van der Waals surface area contributed by atoms with E-state index in [2.05, 4.69) is 56.0 Å².